The van der Waals surface area contributed by atoms with Crippen molar-refractivity contribution in [3.05, 3.63) is 30.5 Å². The van der Waals surface area contributed by atoms with E-state index in [1.807, 2.05) is 0 Å². The van der Waals surface area contributed by atoms with Crippen molar-refractivity contribution in [2.45, 2.75) is 6.04 Å². The predicted octanol–water partition coefficient (Wildman–Crippen LogP) is -0.0979. The summed E-state index contributed by atoms with van der Waals surface area (Å²) in [4.78, 5) is 19.2. The van der Waals surface area contributed by atoms with Gasteiger partial charge in [0.15, 0.2) is 5.65 Å². The number of ether oxygens (including phenoxy) is 1. The minimum Gasteiger partial charge on any atom is -0.468 e. The number of carbonyl (C=O) groups excluding carboxylic acids is 1. The maximum Gasteiger partial charge on any atom is 0.328 e. The molecule has 2 rings (SSSR count). The maximum absolute atomic E-state index is 11.2. The third-order valence-electron chi connectivity index (χ3n) is 2.12. The Bertz CT molecular complexity index is 494. The Morgan fingerprint density at radius 1 is 1.60 bits per heavy atom. The number of hydrogen-bond donors (Lipinski definition) is 1. The van der Waals surface area contributed by atoms with E-state index in [2.05, 4.69) is 14.7 Å². The summed E-state index contributed by atoms with van der Waals surface area (Å²) >= 11 is 0. The minimum absolute atomic E-state index is 0.492. The number of aromatic nitrogens is 3. The van der Waals surface area contributed by atoms with Crippen LogP contribution in [0.1, 0.15) is 11.7 Å². The van der Waals surface area contributed by atoms with Crippen molar-refractivity contribution in [1.82, 2.24) is 14.4 Å². The lowest BCUT2D eigenvalue weighted by Crippen LogP contribution is -2.23. The highest BCUT2D eigenvalue weighted by atomic mass is 16.5. The summed E-state index contributed by atoms with van der Waals surface area (Å²) in [7, 11) is 1.30. The summed E-state index contributed by atoms with van der Waals surface area (Å²) < 4.78 is 6.27. The van der Waals surface area contributed by atoms with E-state index in [0.717, 1.165) is 0 Å². The van der Waals surface area contributed by atoms with Gasteiger partial charge < -0.3 is 10.5 Å². The molecule has 6 heteroatoms. The lowest BCUT2D eigenvalue weighted by molar-refractivity contribution is -0.142. The van der Waals surface area contributed by atoms with Gasteiger partial charge in [-0.25, -0.2) is 9.78 Å². The number of esters is 1. The van der Waals surface area contributed by atoms with E-state index in [9.17, 15) is 4.79 Å². The van der Waals surface area contributed by atoms with Crippen molar-refractivity contribution >= 4 is 11.6 Å². The first-order chi connectivity index (χ1) is 7.24. The number of fused-ring (bicyclic) bond motifs is 1. The van der Waals surface area contributed by atoms with Gasteiger partial charge >= 0.3 is 5.97 Å². The first kappa shape index (κ1) is 9.60. The van der Waals surface area contributed by atoms with Crippen LogP contribution in [0.15, 0.2) is 24.8 Å². The highest BCUT2D eigenvalue weighted by Crippen LogP contribution is 2.13. The summed E-state index contributed by atoms with van der Waals surface area (Å²) in [5.41, 5.74) is 6.93. The smallest absolute Gasteiger partial charge is 0.328 e. The van der Waals surface area contributed by atoms with E-state index in [-0.39, 0.29) is 0 Å². The lowest BCUT2D eigenvalue weighted by Gasteiger charge is -2.08. The molecule has 0 spiro atoms. The van der Waals surface area contributed by atoms with Gasteiger partial charge in [0.25, 0.3) is 0 Å². The van der Waals surface area contributed by atoms with Crippen LogP contribution in [0, 0.1) is 0 Å². The van der Waals surface area contributed by atoms with Crippen LogP contribution >= 0.6 is 0 Å². The van der Waals surface area contributed by atoms with Crippen LogP contribution in [0.4, 0.5) is 0 Å². The lowest BCUT2D eigenvalue weighted by atomic mass is 10.2. The van der Waals surface area contributed by atoms with Gasteiger partial charge in [-0.3, -0.25) is 9.38 Å². The molecular weight excluding hydrogens is 196 g/mol. The van der Waals surface area contributed by atoms with Gasteiger partial charge in [-0.15, -0.1) is 0 Å². The fourth-order valence-electron chi connectivity index (χ4n) is 1.34. The van der Waals surface area contributed by atoms with Crippen LogP contribution in [0.25, 0.3) is 5.65 Å². The molecule has 0 bridgehead atoms. The van der Waals surface area contributed by atoms with E-state index in [0.29, 0.717) is 11.3 Å². The zero-order chi connectivity index (χ0) is 10.8. The third-order valence-corrected chi connectivity index (χ3v) is 2.12. The topological polar surface area (TPSA) is 82.5 Å². The number of nitrogens with zero attached hydrogens (tertiary/aromatic N) is 3. The Kier molecular flexibility index (Phi) is 2.34. The number of rotatable bonds is 2. The average molecular weight is 206 g/mol. The average Bonchev–Trinajstić information content (AvgIpc) is 2.70. The van der Waals surface area contributed by atoms with Gasteiger partial charge in [0.05, 0.1) is 25.2 Å². The monoisotopic (exact) mass is 206 g/mol. The zero-order valence-electron chi connectivity index (χ0n) is 8.12. The molecule has 1 unspecified atom stereocenters. The second-order valence-corrected chi connectivity index (χ2v) is 2.99. The van der Waals surface area contributed by atoms with Crippen molar-refractivity contribution in [3.63, 3.8) is 0 Å². The molecule has 0 aromatic carbocycles. The van der Waals surface area contributed by atoms with Gasteiger partial charge in [-0.05, 0) is 0 Å². The number of methoxy groups -OCH3 is 1. The third kappa shape index (κ3) is 1.55. The molecule has 6 nitrogen and oxygen atoms in total. The van der Waals surface area contributed by atoms with Crippen LogP contribution in [0.5, 0.6) is 0 Å². The predicted molar refractivity (Wildman–Crippen MR) is 51.9 cm³/mol. The van der Waals surface area contributed by atoms with Crippen LogP contribution in [-0.2, 0) is 9.53 Å². The molecule has 2 heterocycles. The molecule has 2 aromatic rings. The molecule has 2 aromatic heterocycles. The van der Waals surface area contributed by atoms with Gasteiger partial charge in [-0.2, -0.15) is 0 Å². The second-order valence-electron chi connectivity index (χ2n) is 2.99. The molecule has 1 atom stereocenters. The molecule has 0 saturated heterocycles. The number of hydrogen-bond acceptors (Lipinski definition) is 5. The normalized spacial score (nSPS) is 12.7. The summed E-state index contributed by atoms with van der Waals surface area (Å²) in [6.45, 7) is 0. The molecule has 0 fully saturated rings. The van der Waals surface area contributed by atoms with Crippen LogP contribution in [0.3, 0.4) is 0 Å². The van der Waals surface area contributed by atoms with E-state index < -0.39 is 12.0 Å². The van der Waals surface area contributed by atoms with Crippen LogP contribution in [-0.4, -0.2) is 27.4 Å². The SMILES string of the molecule is COC(=O)C(N)c1cnc2cnccn12. The Morgan fingerprint density at radius 2 is 2.40 bits per heavy atom. The Hall–Kier alpha value is -1.95. The molecule has 0 aliphatic rings. The summed E-state index contributed by atoms with van der Waals surface area (Å²) in [5.74, 6) is -0.492. The number of nitrogens with two attached hydrogens (primary N) is 1. The quantitative estimate of drug-likeness (QED) is 0.694. The Balaban J connectivity index is 2.48. The second kappa shape index (κ2) is 3.66. The zero-order valence-corrected chi connectivity index (χ0v) is 8.12. The van der Waals surface area contributed by atoms with Gasteiger partial charge in [-0.1, -0.05) is 0 Å². The van der Waals surface area contributed by atoms with Crippen LogP contribution < -0.4 is 5.73 Å². The molecular formula is C9H10N4O2. The molecule has 2 N–H and O–H groups in total. The Labute approximate surface area is 85.7 Å². The van der Waals surface area contributed by atoms with Crippen molar-refractivity contribution in [1.29, 1.82) is 0 Å². The number of carbonyl (C=O) groups is 1. The number of imidazole rings is 1. The molecule has 0 radical (unpaired) electrons. The molecule has 0 aliphatic heterocycles. The summed E-state index contributed by atoms with van der Waals surface area (Å²) in [6, 6.07) is -0.826. The molecule has 0 amide bonds. The van der Waals surface area contributed by atoms with Gasteiger partial charge in [0.2, 0.25) is 0 Å². The van der Waals surface area contributed by atoms with Gasteiger partial charge in [0, 0.05) is 12.4 Å². The highest BCUT2D eigenvalue weighted by Gasteiger charge is 2.19. The molecule has 15 heavy (non-hydrogen) atoms. The summed E-state index contributed by atoms with van der Waals surface area (Å²) in [6.07, 6.45) is 6.43. The molecule has 0 aliphatic carbocycles. The molecule has 0 saturated carbocycles. The van der Waals surface area contributed by atoms with Crippen molar-refractivity contribution in [2.24, 2.45) is 5.73 Å². The van der Waals surface area contributed by atoms with Crippen molar-refractivity contribution in [3.8, 4) is 0 Å². The summed E-state index contributed by atoms with van der Waals surface area (Å²) in [5, 5.41) is 0. The van der Waals surface area contributed by atoms with Crippen LogP contribution in [0.2, 0.25) is 0 Å². The first-order valence-corrected chi connectivity index (χ1v) is 4.34. The fraction of sp³-hybridized carbons (Fsp3) is 0.222. The first-order valence-electron chi connectivity index (χ1n) is 4.34. The van der Waals surface area contributed by atoms with E-state index in [4.69, 9.17) is 5.73 Å². The molecule has 78 valence electrons. The Morgan fingerprint density at radius 3 is 3.13 bits per heavy atom. The van der Waals surface area contributed by atoms with E-state index in [1.165, 1.54) is 7.11 Å². The minimum atomic E-state index is -0.826. The van der Waals surface area contributed by atoms with Crippen molar-refractivity contribution < 1.29 is 9.53 Å². The van der Waals surface area contributed by atoms with E-state index in [1.54, 1.807) is 29.2 Å². The van der Waals surface area contributed by atoms with E-state index >= 15 is 0 Å². The standard InChI is InChI=1S/C9H10N4O2/c1-15-9(14)8(10)6-4-12-7-5-11-2-3-13(6)7/h2-5,8H,10H2,1H3. The van der Waals surface area contributed by atoms with Gasteiger partial charge in [0.1, 0.15) is 6.04 Å². The largest absolute Gasteiger partial charge is 0.468 e. The fourth-order valence-corrected chi connectivity index (χ4v) is 1.34. The maximum atomic E-state index is 11.2. The highest BCUT2D eigenvalue weighted by molar-refractivity contribution is 5.76. The van der Waals surface area contributed by atoms with Crippen molar-refractivity contribution in [2.75, 3.05) is 7.11 Å².